The van der Waals surface area contributed by atoms with Crippen LogP contribution in [0, 0.1) is 0 Å². The lowest BCUT2D eigenvalue weighted by Crippen LogP contribution is -2.33. The molecular formula is C10H15BrN2O. The molecule has 0 unspecified atom stereocenters. The van der Waals surface area contributed by atoms with Gasteiger partial charge >= 0.3 is 0 Å². The number of hydrogen-bond acceptors (Lipinski definition) is 1. The summed E-state index contributed by atoms with van der Waals surface area (Å²) in [6.45, 7) is 4.14. The van der Waals surface area contributed by atoms with Gasteiger partial charge < -0.3 is 10.3 Å². The van der Waals surface area contributed by atoms with Crippen LogP contribution in [-0.4, -0.2) is 16.9 Å². The maximum atomic E-state index is 11.6. The summed E-state index contributed by atoms with van der Waals surface area (Å²) >= 11 is 3.29. The van der Waals surface area contributed by atoms with Crippen LogP contribution in [-0.2, 0) is 0 Å². The summed E-state index contributed by atoms with van der Waals surface area (Å²) in [5.41, 5.74) is 0.601. The van der Waals surface area contributed by atoms with Crippen molar-refractivity contribution in [2.75, 3.05) is 0 Å². The van der Waals surface area contributed by atoms with Crippen molar-refractivity contribution in [3.63, 3.8) is 0 Å². The van der Waals surface area contributed by atoms with E-state index in [1.165, 1.54) is 0 Å². The molecule has 1 heterocycles. The molecule has 0 aromatic carbocycles. The molecule has 0 spiro atoms. The molecule has 4 heteroatoms. The van der Waals surface area contributed by atoms with Crippen LogP contribution in [0.25, 0.3) is 0 Å². The van der Waals surface area contributed by atoms with Gasteiger partial charge in [-0.25, -0.2) is 0 Å². The van der Waals surface area contributed by atoms with Crippen LogP contribution in [0.1, 0.15) is 37.2 Å². The monoisotopic (exact) mass is 258 g/mol. The van der Waals surface area contributed by atoms with Gasteiger partial charge in [-0.3, -0.25) is 4.79 Å². The smallest absolute Gasteiger partial charge is 0.267 e. The van der Waals surface area contributed by atoms with E-state index in [4.69, 9.17) is 0 Å². The number of rotatable bonds is 4. The second-order valence-electron chi connectivity index (χ2n) is 3.22. The lowest BCUT2D eigenvalue weighted by molar-refractivity contribution is 0.0930. The molecule has 1 amide bonds. The minimum atomic E-state index is -0.0376. The van der Waals surface area contributed by atoms with Gasteiger partial charge in [0.05, 0.1) is 0 Å². The topological polar surface area (TPSA) is 44.9 Å². The Kier molecular flexibility index (Phi) is 4.20. The average molecular weight is 259 g/mol. The molecule has 0 radical (unpaired) electrons. The summed E-state index contributed by atoms with van der Waals surface area (Å²) in [6.07, 6.45) is 3.68. The van der Waals surface area contributed by atoms with Gasteiger partial charge in [-0.05, 0) is 34.8 Å². The number of amides is 1. The van der Waals surface area contributed by atoms with Crippen LogP contribution in [0.4, 0.5) is 0 Å². The maximum absolute atomic E-state index is 11.6. The fraction of sp³-hybridized carbons (Fsp3) is 0.500. The number of aromatic amines is 1. The molecule has 0 aliphatic rings. The first kappa shape index (κ1) is 11.3. The van der Waals surface area contributed by atoms with Crippen LogP contribution in [0.5, 0.6) is 0 Å². The SMILES string of the molecule is CCC(CC)NC(=O)c1cc(Br)c[nH]1. The van der Waals surface area contributed by atoms with Crippen LogP contribution < -0.4 is 5.32 Å². The predicted molar refractivity (Wildman–Crippen MR) is 60.3 cm³/mol. The maximum Gasteiger partial charge on any atom is 0.267 e. The molecule has 1 aromatic heterocycles. The Labute approximate surface area is 92.4 Å². The molecule has 0 aliphatic carbocycles. The molecule has 0 aliphatic heterocycles. The predicted octanol–water partition coefficient (Wildman–Crippen LogP) is 2.70. The highest BCUT2D eigenvalue weighted by atomic mass is 79.9. The van der Waals surface area contributed by atoms with E-state index >= 15 is 0 Å². The first-order chi connectivity index (χ1) is 6.67. The van der Waals surface area contributed by atoms with Crippen LogP contribution in [0.15, 0.2) is 16.7 Å². The number of carbonyl (C=O) groups excluding carboxylic acids is 1. The van der Waals surface area contributed by atoms with E-state index in [1.807, 2.05) is 0 Å². The van der Waals surface area contributed by atoms with Gasteiger partial charge in [-0.2, -0.15) is 0 Å². The molecule has 0 saturated carbocycles. The molecular weight excluding hydrogens is 244 g/mol. The van der Waals surface area contributed by atoms with Crippen molar-refractivity contribution < 1.29 is 4.79 Å². The highest BCUT2D eigenvalue weighted by molar-refractivity contribution is 9.10. The zero-order valence-electron chi connectivity index (χ0n) is 8.43. The normalized spacial score (nSPS) is 10.6. The number of carbonyl (C=O) groups is 1. The minimum absolute atomic E-state index is 0.0376. The van der Waals surface area contributed by atoms with Gasteiger partial charge in [0, 0.05) is 16.7 Å². The molecule has 0 atom stereocenters. The van der Waals surface area contributed by atoms with Crippen LogP contribution in [0.3, 0.4) is 0 Å². The van der Waals surface area contributed by atoms with Crippen molar-refractivity contribution in [3.8, 4) is 0 Å². The molecule has 78 valence electrons. The fourth-order valence-corrected chi connectivity index (χ4v) is 1.60. The van der Waals surface area contributed by atoms with Crippen molar-refractivity contribution >= 4 is 21.8 Å². The van der Waals surface area contributed by atoms with Gasteiger partial charge in [0.2, 0.25) is 0 Å². The minimum Gasteiger partial charge on any atom is -0.356 e. The van der Waals surface area contributed by atoms with E-state index < -0.39 is 0 Å². The van der Waals surface area contributed by atoms with Crippen molar-refractivity contribution in [1.82, 2.24) is 10.3 Å². The number of nitrogens with one attached hydrogen (secondary N) is 2. The summed E-state index contributed by atoms with van der Waals surface area (Å²) in [7, 11) is 0. The van der Waals surface area contributed by atoms with E-state index in [1.54, 1.807) is 12.3 Å². The highest BCUT2D eigenvalue weighted by Gasteiger charge is 2.11. The lowest BCUT2D eigenvalue weighted by atomic mass is 10.1. The van der Waals surface area contributed by atoms with Gasteiger partial charge in [0.1, 0.15) is 5.69 Å². The van der Waals surface area contributed by atoms with E-state index in [0.29, 0.717) is 5.69 Å². The Morgan fingerprint density at radius 3 is 2.64 bits per heavy atom. The quantitative estimate of drug-likeness (QED) is 0.857. The van der Waals surface area contributed by atoms with Gasteiger partial charge in [-0.15, -0.1) is 0 Å². The zero-order valence-corrected chi connectivity index (χ0v) is 10.0. The van der Waals surface area contributed by atoms with E-state index in [9.17, 15) is 4.79 Å². The molecule has 0 bridgehead atoms. The van der Waals surface area contributed by atoms with Gasteiger partial charge in [0.15, 0.2) is 0 Å². The number of halogens is 1. The largest absolute Gasteiger partial charge is 0.356 e. The van der Waals surface area contributed by atoms with E-state index in [2.05, 4.69) is 40.1 Å². The van der Waals surface area contributed by atoms with Crippen molar-refractivity contribution in [2.24, 2.45) is 0 Å². The summed E-state index contributed by atoms with van der Waals surface area (Å²) in [4.78, 5) is 14.5. The first-order valence-corrected chi connectivity index (χ1v) is 5.61. The molecule has 0 saturated heterocycles. The third-order valence-electron chi connectivity index (χ3n) is 2.21. The number of hydrogen-bond donors (Lipinski definition) is 2. The standard InChI is InChI=1S/C10H15BrN2O/c1-3-8(4-2)13-10(14)9-5-7(11)6-12-9/h5-6,8,12H,3-4H2,1-2H3,(H,13,14). The van der Waals surface area contributed by atoms with Crippen molar-refractivity contribution in [1.29, 1.82) is 0 Å². The summed E-state index contributed by atoms with van der Waals surface area (Å²) in [6, 6.07) is 2.04. The van der Waals surface area contributed by atoms with Gasteiger partial charge in [-0.1, -0.05) is 13.8 Å². The Hall–Kier alpha value is -0.770. The molecule has 0 fully saturated rings. The number of H-pyrrole nitrogens is 1. The Morgan fingerprint density at radius 2 is 2.21 bits per heavy atom. The third kappa shape index (κ3) is 2.87. The second-order valence-corrected chi connectivity index (χ2v) is 4.13. The summed E-state index contributed by atoms with van der Waals surface area (Å²) in [5, 5.41) is 2.95. The third-order valence-corrected chi connectivity index (χ3v) is 2.67. The molecule has 14 heavy (non-hydrogen) atoms. The van der Waals surface area contributed by atoms with Gasteiger partial charge in [0.25, 0.3) is 5.91 Å². The number of aromatic nitrogens is 1. The molecule has 1 rings (SSSR count). The van der Waals surface area contributed by atoms with Crippen LogP contribution >= 0.6 is 15.9 Å². The molecule has 2 N–H and O–H groups in total. The Balaban J connectivity index is 2.58. The van der Waals surface area contributed by atoms with Crippen molar-refractivity contribution in [3.05, 3.63) is 22.4 Å². The molecule has 1 aromatic rings. The fourth-order valence-electron chi connectivity index (χ4n) is 1.25. The summed E-state index contributed by atoms with van der Waals surface area (Å²) in [5.74, 6) is -0.0376. The van der Waals surface area contributed by atoms with Crippen molar-refractivity contribution in [2.45, 2.75) is 32.7 Å². The second kappa shape index (κ2) is 5.20. The Bertz CT molecular complexity index is 305. The van der Waals surface area contributed by atoms with E-state index in [0.717, 1.165) is 17.3 Å². The lowest BCUT2D eigenvalue weighted by Gasteiger charge is -2.13. The average Bonchev–Trinajstić information content (AvgIpc) is 2.61. The first-order valence-electron chi connectivity index (χ1n) is 4.82. The molecule has 3 nitrogen and oxygen atoms in total. The highest BCUT2D eigenvalue weighted by Crippen LogP contribution is 2.10. The summed E-state index contributed by atoms with van der Waals surface area (Å²) < 4.78 is 0.896. The van der Waals surface area contributed by atoms with Crippen LogP contribution in [0.2, 0.25) is 0 Å². The van der Waals surface area contributed by atoms with E-state index in [-0.39, 0.29) is 11.9 Å². The zero-order chi connectivity index (χ0) is 10.6. The Morgan fingerprint density at radius 1 is 1.57 bits per heavy atom.